The van der Waals surface area contributed by atoms with Gasteiger partial charge in [0.1, 0.15) is 5.82 Å². The molecule has 1 aromatic heterocycles. The van der Waals surface area contributed by atoms with Crippen molar-refractivity contribution in [2.75, 3.05) is 4.72 Å². The van der Waals surface area contributed by atoms with Gasteiger partial charge in [-0.15, -0.1) is 0 Å². The fourth-order valence-corrected chi connectivity index (χ4v) is 3.95. The van der Waals surface area contributed by atoms with Gasteiger partial charge in [0.25, 0.3) is 15.6 Å². The van der Waals surface area contributed by atoms with Crippen LogP contribution in [0, 0.1) is 5.82 Å². The summed E-state index contributed by atoms with van der Waals surface area (Å²) < 4.78 is 80.5. The molecule has 0 spiro atoms. The summed E-state index contributed by atoms with van der Waals surface area (Å²) in [6, 6.07) is 5.26. The van der Waals surface area contributed by atoms with Crippen LogP contribution < -0.4 is 10.3 Å². The molecule has 0 aliphatic rings. The first-order chi connectivity index (χ1) is 13.7. The number of benzene rings is 2. The molecule has 0 aliphatic carbocycles. The van der Waals surface area contributed by atoms with E-state index in [-0.39, 0.29) is 23.7 Å². The summed E-state index contributed by atoms with van der Waals surface area (Å²) in [5.41, 5.74) is -3.07. The van der Waals surface area contributed by atoms with E-state index in [0.29, 0.717) is 17.6 Å². The first-order valence-corrected chi connectivity index (χ1v) is 10.0. The second kappa shape index (κ2) is 7.13. The van der Waals surface area contributed by atoms with Crippen molar-refractivity contribution in [1.82, 2.24) is 9.78 Å². The molecule has 0 saturated heterocycles. The molecule has 1 heterocycles. The molecule has 0 bridgehead atoms. The number of hydrogen-bond acceptors (Lipinski definition) is 4. The van der Waals surface area contributed by atoms with Gasteiger partial charge in [0.15, 0.2) is 0 Å². The molecule has 0 saturated carbocycles. The Morgan fingerprint density at radius 2 is 1.80 bits per heavy atom. The molecule has 0 atom stereocenters. The van der Waals surface area contributed by atoms with Crippen LogP contribution in [0.4, 0.5) is 23.2 Å². The average Bonchev–Trinajstić information content (AvgIpc) is 2.87. The quantitative estimate of drug-likeness (QED) is 0.523. The molecule has 0 amide bonds. The number of sulfonamides is 1. The highest BCUT2D eigenvalue weighted by molar-refractivity contribution is 7.92. The first kappa shape index (κ1) is 21.8. The third-order valence-corrected chi connectivity index (χ3v) is 5.50. The molecular weight excluding hydrogens is 430 g/mol. The zero-order valence-electron chi connectivity index (χ0n) is 15.7. The van der Waals surface area contributed by atoms with Crippen molar-refractivity contribution in [3.63, 3.8) is 0 Å². The molecule has 3 aromatic rings. The second-order valence-corrected chi connectivity index (χ2v) is 9.00. The summed E-state index contributed by atoms with van der Waals surface area (Å²) in [4.78, 5) is 11.4. The van der Waals surface area contributed by atoms with Crippen molar-refractivity contribution in [1.29, 1.82) is 0 Å². The van der Waals surface area contributed by atoms with Gasteiger partial charge in [0.2, 0.25) is 0 Å². The fraction of sp³-hybridized carbons (Fsp3) is 0.278. The Morgan fingerprint density at radius 1 is 1.13 bits per heavy atom. The number of nitrogens with one attached hydrogen (secondary N) is 2. The minimum Gasteiger partial charge on any atom is -0.389 e. The van der Waals surface area contributed by atoms with Crippen LogP contribution in [0.3, 0.4) is 0 Å². The summed E-state index contributed by atoms with van der Waals surface area (Å²) in [7, 11) is -4.49. The molecule has 30 heavy (non-hydrogen) atoms. The smallest absolute Gasteiger partial charge is 0.389 e. The van der Waals surface area contributed by atoms with Gasteiger partial charge in [-0.1, -0.05) is 0 Å². The lowest BCUT2D eigenvalue weighted by molar-refractivity contribution is -0.140. The van der Waals surface area contributed by atoms with Gasteiger partial charge >= 0.3 is 6.18 Å². The van der Waals surface area contributed by atoms with E-state index in [0.717, 1.165) is 0 Å². The Kier molecular flexibility index (Phi) is 5.19. The monoisotopic (exact) mass is 447 g/mol. The van der Waals surface area contributed by atoms with Crippen molar-refractivity contribution in [3.8, 4) is 0 Å². The van der Waals surface area contributed by atoms with Gasteiger partial charge in [-0.25, -0.2) is 12.8 Å². The highest BCUT2D eigenvalue weighted by Crippen LogP contribution is 2.33. The summed E-state index contributed by atoms with van der Waals surface area (Å²) in [5, 5.41) is 12.6. The first-order valence-electron chi connectivity index (χ1n) is 8.52. The van der Waals surface area contributed by atoms with E-state index in [9.17, 15) is 35.9 Å². The van der Waals surface area contributed by atoms with Gasteiger partial charge in [0.05, 0.1) is 33.5 Å². The summed E-state index contributed by atoms with van der Waals surface area (Å²) in [6.45, 7) is 3.14. The largest absolute Gasteiger partial charge is 0.419 e. The number of fused-ring (bicyclic) bond motifs is 1. The summed E-state index contributed by atoms with van der Waals surface area (Å²) >= 11 is 0. The van der Waals surface area contributed by atoms with Crippen LogP contribution in [0.1, 0.15) is 19.4 Å². The maximum Gasteiger partial charge on any atom is 0.419 e. The van der Waals surface area contributed by atoms with Crippen LogP contribution in [-0.4, -0.2) is 28.9 Å². The SMILES string of the molecule is CC(C)(O)Cn1[nH]c(=O)c2cc(NS(=O)(=O)c3ccc(F)c(C(F)(F)F)c3)ccc21. The standard InChI is InChI=1S/C18H17F4N3O4S/c1-17(2,27)9-25-15-6-3-10(7-12(15)16(26)23-25)24-30(28,29)11-4-5-14(19)13(8-11)18(20,21)22/h3-8,24,27H,9H2,1-2H3,(H,23,26). The molecule has 12 heteroatoms. The maximum absolute atomic E-state index is 13.4. The lowest BCUT2D eigenvalue weighted by Crippen LogP contribution is -2.27. The third-order valence-electron chi connectivity index (χ3n) is 4.12. The number of hydrogen-bond donors (Lipinski definition) is 3. The van der Waals surface area contributed by atoms with Crippen molar-refractivity contribution < 1.29 is 31.1 Å². The minimum absolute atomic E-state index is 0.0621. The van der Waals surface area contributed by atoms with Crippen LogP contribution in [0.2, 0.25) is 0 Å². The van der Waals surface area contributed by atoms with Crippen molar-refractivity contribution in [2.45, 2.75) is 37.1 Å². The minimum atomic E-state index is -5.06. The molecule has 3 rings (SSSR count). The number of H-pyrrole nitrogens is 1. The molecule has 0 aliphatic heterocycles. The summed E-state index contributed by atoms with van der Waals surface area (Å²) in [6.07, 6.45) is -5.06. The van der Waals surface area contributed by atoms with E-state index in [4.69, 9.17) is 0 Å². The molecule has 7 nitrogen and oxygen atoms in total. The van der Waals surface area contributed by atoms with Crippen LogP contribution in [0.5, 0.6) is 0 Å². The van der Waals surface area contributed by atoms with Crippen LogP contribution in [-0.2, 0) is 22.7 Å². The van der Waals surface area contributed by atoms with Gasteiger partial charge < -0.3 is 5.11 Å². The Hall–Kier alpha value is -2.86. The van der Waals surface area contributed by atoms with E-state index in [1.165, 1.54) is 36.7 Å². The summed E-state index contributed by atoms with van der Waals surface area (Å²) in [5.74, 6) is -1.59. The van der Waals surface area contributed by atoms with Gasteiger partial charge in [0, 0.05) is 5.69 Å². The van der Waals surface area contributed by atoms with E-state index < -0.39 is 43.6 Å². The van der Waals surface area contributed by atoms with Gasteiger partial charge in [-0.2, -0.15) is 13.2 Å². The van der Waals surface area contributed by atoms with Crippen LogP contribution in [0.25, 0.3) is 10.9 Å². The van der Waals surface area contributed by atoms with Gasteiger partial charge in [-0.3, -0.25) is 19.3 Å². The topological polar surface area (TPSA) is 104 Å². The Morgan fingerprint density at radius 3 is 2.40 bits per heavy atom. The molecule has 2 aromatic carbocycles. The number of alkyl halides is 3. The van der Waals surface area contributed by atoms with Gasteiger partial charge in [-0.05, 0) is 50.2 Å². The Bertz CT molecular complexity index is 1270. The maximum atomic E-state index is 13.4. The Balaban J connectivity index is 1.98. The number of nitrogens with zero attached hydrogens (tertiary/aromatic N) is 1. The van der Waals surface area contributed by atoms with Crippen molar-refractivity contribution >= 4 is 26.6 Å². The number of halogens is 4. The molecule has 162 valence electrons. The number of anilines is 1. The highest BCUT2D eigenvalue weighted by atomic mass is 32.2. The number of aliphatic hydroxyl groups is 1. The molecule has 0 radical (unpaired) electrons. The lowest BCUT2D eigenvalue weighted by Gasteiger charge is -2.18. The number of aromatic nitrogens is 2. The van der Waals surface area contributed by atoms with Crippen molar-refractivity contribution in [3.05, 3.63) is 58.1 Å². The van der Waals surface area contributed by atoms with Crippen LogP contribution in [0.15, 0.2) is 46.1 Å². The lowest BCUT2D eigenvalue weighted by atomic mass is 10.1. The Labute approximate surface area is 168 Å². The molecular formula is C18H17F4N3O4S. The normalized spacial score (nSPS) is 13.0. The van der Waals surface area contributed by atoms with Crippen molar-refractivity contribution in [2.24, 2.45) is 0 Å². The van der Waals surface area contributed by atoms with E-state index in [1.54, 1.807) is 0 Å². The fourth-order valence-electron chi connectivity index (χ4n) is 2.87. The number of rotatable bonds is 5. The van der Waals surface area contributed by atoms with Crippen LogP contribution >= 0.6 is 0 Å². The third kappa shape index (κ3) is 4.49. The predicted molar refractivity (Wildman–Crippen MR) is 101 cm³/mol. The molecule has 3 N–H and O–H groups in total. The predicted octanol–water partition coefficient (Wildman–Crippen LogP) is 3.06. The highest BCUT2D eigenvalue weighted by Gasteiger charge is 2.35. The average molecular weight is 447 g/mol. The zero-order valence-corrected chi connectivity index (χ0v) is 16.5. The molecule has 0 unspecified atom stereocenters. The molecule has 0 fully saturated rings. The van der Waals surface area contributed by atoms with E-state index in [2.05, 4.69) is 9.82 Å². The number of aromatic amines is 1. The zero-order chi connectivity index (χ0) is 22.5. The van der Waals surface area contributed by atoms with E-state index >= 15 is 0 Å². The second-order valence-electron chi connectivity index (χ2n) is 7.32. The van der Waals surface area contributed by atoms with E-state index in [1.807, 2.05) is 0 Å².